The number of hydrogen-bond donors (Lipinski definition) is 1. The Kier molecular flexibility index (Phi) is 4.95. The van der Waals surface area contributed by atoms with Crippen molar-refractivity contribution < 1.29 is 19.0 Å². The number of amides is 1. The molecule has 0 heterocycles. The molecule has 2 unspecified atom stereocenters. The minimum absolute atomic E-state index is 0.106. The summed E-state index contributed by atoms with van der Waals surface area (Å²) in [6.07, 6.45) is 3.13. The van der Waals surface area contributed by atoms with Gasteiger partial charge in [-0.3, -0.25) is 4.79 Å². The molecule has 1 aromatic carbocycles. The third-order valence-corrected chi connectivity index (χ3v) is 3.76. The monoisotopic (exact) mass is 281 g/mol. The lowest BCUT2D eigenvalue weighted by Gasteiger charge is -2.35. The van der Waals surface area contributed by atoms with Gasteiger partial charge in [0.1, 0.15) is 11.6 Å². The van der Waals surface area contributed by atoms with Crippen LogP contribution in [-0.4, -0.2) is 41.7 Å². The predicted molar refractivity (Wildman–Crippen MR) is 72.9 cm³/mol. The van der Waals surface area contributed by atoms with Crippen molar-refractivity contribution in [3.63, 3.8) is 0 Å². The molecule has 4 nitrogen and oxygen atoms in total. The Morgan fingerprint density at radius 3 is 2.65 bits per heavy atom. The van der Waals surface area contributed by atoms with E-state index in [2.05, 4.69) is 0 Å². The largest absolute Gasteiger partial charge is 0.484 e. The second kappa shape index (κ2) is 6.70. The summed E-state index contributed by atoms with van der Waals surface area (Å²) in [6.45, 7) is -0.106. The summed E-state index contributed by atoms with van der Waals surface area (Å²) < 4.78 is 18.1. The molecule has 1 aliphatic carbocycles. The molecule has 0 spiro atoms. The molecule has 0 saturated heterocycles. The number of carbonyl (C=O) groups is 1. The molecule has 1 N–H and O–H groups in total. The highest BCUT2D eigenvalue weighted by molar-refractivity contribution is 5.77. The Hall–Kier alpha value is -1.62. The Morgan fingerprint density at radius 1 is 1.35 bits per heavy atom. The molecular weight excluding hydrogens is 261 g/mol. The smallest absolute Gasteiger partial charge is 0.260 e. The fraction of sp³-hybridized carbons (Fsp3) is 0.533. The third-order valence-electron chi connectivity index (χ3n) is 3.76. The van der Waals surface area contributed by atoms with Crippen molar-refractivity contribution in [2.45, 2.75) is 37.8 Å². The Bertz CT molecular complexity index is 449. The number of aliphatic hydroxyl groups excluding tert-OH is 1. The summed E-state index contributed by atoms with van der Waals surface area (Å²) in [7, 11) is 1.69. The number of benzene rings is 1. The van der Waals surface area contributed by atoms with Crippen molar-refractivity contribution in [3.05, 3.63) is 30.1 Å². The van der Waals surface area contributed by atoms with Crippen molar-refractivity contribution in [1.29, 1.82) is 0 Å². The highest BCUT2D eigenvalue weighted by Gasteiger charge is 2.29. The number of nitrogens with zero attached hydrogens (tertiary/aromatic N) is 1. The second-order valence-electron chi connectivity index (χ2n) is 5.17. The summed E-state index contributed by atoms with van der Waals surface area (Å²) in [5.41, 5.74) is 0. The number of ether oxygens (including phenoxy) is 1. The molecule has 1 fully saturated rings. The number of halogens is 1. The van der Waals surface area contributed by atoms with Gasteiger partial charge >= 0.3 is 0 Å². The van der Waals surface area contributed by atoms with Crippen LogP contribution in [0.25, 0.3) is 0 Å². The van der Waals surface area contributed by atoms with Crippen LogP contribution in [0, 0.1) is 5.82 Å². The quantitative estimate of drug-likeness (QED) is 0.918. The van der Waals surface area contributed by atoms with E-state index in [-0.39, 0.29) is 24.4 Å². The molecule has 0 aliphatic heterocycles. The van der Waals surface area contributed by atoms with Gasteiger partial charge in [0.15, 0.2) is 6.61 Å². The zero-order chi connectivity index (χ0) is 14.5. The maximum absolute atomic E-state index is 12.7. The summed E-state index contributed by atoms with van der Waals surface area (Å²) in [6, 6.07) is 5.41. The van der Waals surface area contributed by atoms with E-state index in [9.17, 15) is 14.3 Å². The molecule has 2 rings (SSSR count). The molecule has 1 aromatic rings. The summed E-state index contributed by atoms with van der Waals surface area (Å²) in [5.74, 6) is -0.0660. The number of likely N-dealkylation sites (N-methyl/N-ethyl adjacent to an activating group) is 1. The summed E-state index contributed by atoms with van der Waals surface area (Å²) >= 11 is 0. The van der Waals surface area contributed by atoms with E-state index < -0.39 is 6.10 Å². The number of aliphatic hydroxyl groups is 1. The van der Waals surface area contributed by atoms with Crippen molar-refractivity contribution in [1.82, 2.24) is 4.90 Å². The van der Waals surface area contributed by atoms with Gasteiger partial charge in [-0.2, -0.15) is 0 Å². The van der Waals surface area contributed by atoms with E-state index in [1.165, 1.54) is 24.3 Å². The zero-order valence-electron chi connectivity index (χ0n) is 11.6. The second-order valence-corrected chi connectivity index (χ2v) is 5.17. The fourth-order valence-electron chi connectivity index (χ4n) is 2.51. The van der Waals surface area contributed by atoms with Crippen LogP contribution in [0.15, 0.2) is 24.3 Å². The molecule has 1 amide bonds. The van der Waals surface area contributed by atoms with Gasteiger partial charge in [-0.25, -0.2) is 4.39 Å². The first kappa shape index (κ1) is 14.8. The van der Waals surface area contributed by atoms with Gasteiger partial charge in [0.25, 0.3) is 5.91 Å². The van der Waals surface area contributed by atoms with Gasteiger partial charge in [-0.1, -0.05) is 12.8 Å². The van der Waals surface area contributed by atoms with E-state index in [1.54, 1.807) is 11.9 Å². The third kappa shape index (κ3) is 3.70. The number of hydrogen-bond acceptors (Lipinski definition) is 3. The normalized spacial score (nSPS) is 22.4. The van der Waals surface area contributed by atoms with E-state index >= 15 is 0 Å². The van der Waals surface area contributed by atoms with Crippen molar-refractivity contribution in [2.75, 3.05) is 13.7 Å². The first-order valence-corrected chi connectivity index (χ1v) is 6.90. The zero-order valence-corrected chi connectivity index (χ0v) is 11.6. The average Bonchev–Trinajstić information content (AvgIpc) is 2.46. The van der Waals surface area contributed by atoms with E-state index in [0.29, 0.717) is 5.75 Å². The summed E-state index contributed by atoms with van der Waals surface area (Å²) in [5, 5.41) is 9.93. The molecule has 5 heteroatoms. The first-order valence-electron chi connectivity index (χ1n) is 6.90. The van der Waals surface area contributed by atoms with Crippen LogP contribution in [-0.2, 0) is 4.79 Å². The SMILES string of the molecule is CN(C(=O)COc1ccc(F)cc1)C1CCCCC1O. The standard InChI is InChI=1S/C15H20FNO3/c1-17(13-4-2-3-5-14(13)18)15(19)10-20-12-8-6-11(16)7-9-12/h6-9,13-14,18H,2-5,10H2,1H3. The van der Waals surface area contributed by atoms with Gasteiger partial charge < -0.3 is 14.7 Å². The Balaban J connectivity index is 1.86. The lowest BCUT2D eigenvalue weighted by Crippen LogP contribution is -2.47. The maximum Gasteiger partial charge on any atom is 0.260 e. The van der Waals surface area contributed by atoms with Gasteiger partial charge in [0.2, 0.25) is 0 Å². The minimum Gasteiger partial charge on any atom is -0.484 e. The van der Waals surface area contributed by atoms with Crippen LogP contribution in [0.2, 0.25) is 0 Å². The average molecular weight is 281 g/mol. The van der Waals surface area contributed by atoms with Gasteiger partial charge in [0, 0.05) is 7.05 Å². The number of carbonyl (C=O) groups excluding carboxylic acids is 1. The van der Waals surface area contributed by atoms with Crippen molar-refractivity contribution in [2.24, 2.45) is 0 Å². The van der Waals surface area contributed by atoms with Crippen molar-refractivity contribution >= 4 is 5.91 Å². The van der Waals surface area contributed by atoms with Crippen molar-refractivity contribution in [3.8, 4) is 5.75 Å². The lowest BCUT2D eigenvalue weighted by molar-refractivity contribution is -0.137. The fourth-order valence-corrected chi connectivity index (χ4v) is 2.51. The molecule has 0 aromatic heterocycles. The highest BCUT2D eigenvalue weighted by atomic mass is 19.1. The van der Waals surface area contributed by atoms with Crippen LogP contribution >= 0.6 is 0 Å². The van der Waals surface area contributed by atoms with Gasteiger partial charge in [0.05, 0.1) is 12.1 Å². The topological polar surface area (TPSA) is 49.8 Å². The van der Waals surface area contributed by atoms with Crippen LogP contribution < -0.4 is 4.74 Å². The molecule has 110 valence electrons. The molecule has 1 aliphatic rings. The maximum atomic E-state index is 12.7. The Labute approximate surface area is 118 Å². The lowest BCUT2D eigenvalue weighted by atomic mass is 9.91. The predicted octanol–water partition coefficient (Wildman–Crippen LogP) is 1.97. The molecule has 0 bridgehead atoms. The van der Waals surface area contributed by atoms with Crippen LogP contribution in [0.5, 0.6) is 5.75 Å². The molecule has 20 heavy (non-hydrogen) atoms. The highest BCUT2D eigenvalue weighted by Crippen LogP contribution is 2.22. The van der Waals surface area contributed by atoms with Gasteiger partial charge in [-0.05, 0) is 37.1 Å². The Morgan fingerprint density at radius 2 is 2.00 bits per heavy atom. The van der Waals surface area contributed by atoms with E-state index in [4.69, 9.17) is 4.74 Å². The molecule has 0 radical (unpaired) electrons. The van der Waals surface area contributed by atoms with Crippen LogP contribution in [0.3, 0.4) is 0 Å². The minimum atomic E-state index is -0.455. The molecular formula is C15H20FNO3. The number of rotatable bonds is 4. The van der Waals surface area contributed by atoms with E-state index in [0.717, 1.165) is 25.7 Å². The summed E-state index contributed by atoms with van der Waals surface area (Å²) in [4.78, 5) is 13.6. The molecule has 2 atom stereocenters. The van der Waals surface area contributed by atoms with Gasteiger partial charge in [-0.15, -0.1) is 0 Å². The first-order chi connectivity index (χ1) is 9.58. The molecule has 1 saturated carbocycles. The van der Waals surface area contributed by atoms with Crippen LogP contribution in [0.1, 0.15) is 25.7 Å². The van der Waals surface area contributed by atoms with E-state index in [1.807, 2.05) is 0 Å². The van der Waals surface area contributed by atoms with Crippen LogP contribution in [0.4, 0.5) is 4.39 Å².